The Bertz CT molecular complexity index is 1470. The topological polar surface area (TPSA) is 148 Å². The predicted octanol–water partition coefficient (Wildman–Crippen LogP) is 5.38. The van der Waals surface area contributed by atoms with Crippen LogP contribution in [-0.2, 0) is 19.8 Å². The molecule has 1 saturated carbocycles. The maximum absolute atomic E-state index is 12.7. The maximum atomic E-state index is 12.7. The second kappa shape index (κ2) is 14.4. The van der Waals surface area contributed by atoms with Crippen LogP contribution in [0, 0.1) is 11.8 Å². The molecule has 1 heterocycles. The molecule has 1 aliphatic carbocycles. The minimum Gasteiger partial charge on any atom is -0.484 e. The molecule has 230 valence electrons. The van der Waals surface area contributed by atoms with E-state index < -0.39 is 5.97 Å². The van der Waals surface area contributed by atoms with E-state index in [0.29, 0.717) is 46.7 Å². The molecule has 0 bridgehead atoms. The van der Waals surface area contributed by atoms with E-state index in [-0.39, 0.29) is 46.4 Å². The fraction of sp³-hybridized carbons (Fsp3) is 0.448. The first-order valence-corrected chi connectivity index (χ1v) is 15.6. The molecule has 11 nitrogen and oxygen atoms in total. The second-order valence-electron chi connectivity index (χ2n) is 11.4. The van der Waals surface area contributed by atoms with Gasteiger partial charge >= 0.3 is 5.97 Å². The lowest BCUT2D eigenvalue weighted by atomic mass is 9.82. The van der Waals surface area contributed by atoms with Gasteiger partial charge in [0.1, 0.15) is 5.75 Å². The average molecular weight is 650 g/mol. The quantitative estimate of drug-likeness (QED) is 0.233. The van der Waals surface area contributed by atoms with Gasteiger partial charge in [-0.25, -0.2) is 0 Å². The summed E-state index contributed by atoms with van der Waals surface area (Å²) in [5, 5.41) is 27.7. The van der Waals surface area contributed by atoms with Crippen molar-refractivity contribution in [1.82, 2.24) is 25.5 Å². The number of halogens is 2. The van der Waals surface area contributed by atoms with Crippen LogP contribution in [0.1, 0.15) is 52.0 Å². The summed E-state index contributed by atoms with van der Waals surface area (Å²) in [5.41, 5.74) is 2.01. The van der Waals surface area contributed by atoms with Crippen molar-refractivity contribution in [2.75, 3.05) is 24.2 Å². The van der Waals surface area contributed by atoms with Crippen molar-refractivity contribution in [2.45, 2.75) is 57.0 Å². The molecule has 0 aliphatic heterocycles. The van der Waals surface area contributed by atoms with Gasteiger partial charge in [0.15, 0.2) is 6.61 Å². The molecule has 0 unspecified atom stereocenters. The summed E-state index contributed by atoms with van der Waals surface area (Å²) in [5.74, 6) is -0.970. The number of carboxylic acids is 1. The van der Waals surface area contributed by atoms with E-state index in [1.54, 1.807) is 12.1 Å². The Labute approximate surface area is 264 Å². The van der Waals surface area contributed by atoms with Crippen LogP contribution in [-0.4, -0.2) is 62.0 Å². The van der Waals surface area contributed by atoms with Gasteiger partial charge in [-0.15, -0.1) is 5.10 Å². The second-order valence-corrected chi connectivity index (χ2v) is 13.2. The van der Waals surface area contributed by atoms with E-state index in [0.717, 1.165) is 30.2 Å². The van der Waals surface area contributed by atoms with Crippen molar-refractivity contribution >= 4 is 58.4 Å². The SMILES string of the molecule is CC(C)(C)c1ccc(-n2nnnc2SCC(=O)Nc2ccc(OCC(=O)NCC3CCC(C(=O)O)CC3)cc2Cl)c(Cl)c1. The monoisotopic (exact) mass is 648 g/mol. The van der Waals surface area contributed by atoms with E-state index in [4.69, 9.17) is 33.0 Å². The maximum Gasteiger partial charge on any atom is 0.306 e. The highest BCUT2D eigenvalue weighted by Crippen LogP contribution is 2.31. The first-order chi connectivity index (χ1) is 20.4. The Morgan fingerprint density at radius 2 is 1.79 bits per heavy atom. The Morgan fingerprint density at radius 3 is 2.44 bits per heavy atom. The summed E-state index contributed by atoms with van der Waals surface area (Å²) >= 11 is 14.0. The number of nitrogens with zero attached hydrogens (tertiary/aromatic N) is 4. The number of hydrogen-bond donors (Lipinski definition) is 3. The van der Waals surface area contributed by atoms with Crippen LogP contribution in [0.4, 0.5) is 5.69 Å². The first-order valence-electron chi connectivity index (χ1n) is 13.8. The highest BCUT2D eigenvalue weighted by molar-refractivity contribution is 7.99. The molecule has 1 aliphatic rings. The third-order valence-electron chi connectivity index (χ3n) is 7.18. The number of thioether (sulfide) groups is 1. The molecule has 3 aromatic rings. The zero-order valence-electron chi connectivity index (χ0n) is 24.1. The third kappa shape index (κ3) is 9.07. The Morgan fingerprint density at radius 1 is 1.05 bits per heavy atom. The zero-order chi connectivity index (χ0) is 31.1. The van der Waals surface area contributed by atoms with E-state index in [2.05, 4.69) is 46.9 Å². The van der Waals surface area contributed by atoms with E-state index in [9.17, 15) is 14.4 Å². The minimum absolute atomic E-state index is 0.0186. The first kappa shape index (κ1) is 32.6. The molecular formula is C29H34Cl2N6O5S. The van der Waals surface area contributed by atoms with Crippen molar-refractivity contribution in [3.63, 3.8) is 0 Å². The van der Waals surface area contributed by atoms with Crippen LogP contribution < -0.4 is 15.4 Å². The molecule has 1 fully saturated rings. The Kier molecular flexibility index (Phi) is 10.9. The number of rotatable bonds is 11. The van der Waals surface area contributed by atoms with E-state index in [1.807, 2.05) is 18.2 Å². The van der Waals surface area contributed by atoms with Crippen LogP contribution in [0.2, 0.25) is 10.0 Å². The normalized spacial score (nSPS) is 16.9. The van der Waals surface area contributed by atoms with Gasteiger partial charge in [0.05, 0.1) is 33.1 Å². The number of tetrazole rings is 1. The average Bonchev–Trinajstić information content (AvgIpc) is 3.43. The van der Waals surface area contributed by atoms with Gasteiger partial charge in [-0.05, 0) is 77.3 Å². The van der Waals surface area contributed by atoms with Gasteiger partial charge in [-0.3, -0.25) is 14.4 Å². The van der Waals surface area contributed by atoms with Gasteiger partial charge in [-0.2, -0.15) is 4.68 Å². The molecule has 2 amide bonds. The van der Waals surface area contributed by atoms with Crippen LogP contribution in [0.3, 0.4) is 0 Å². The third-order valence-corrected chi connectivity index (χ3v) is 8.72. The molecule has 0 spiro atoms. The number of ether oxygens (including phenoxy) is 1. The number of carbonyl (C=O) groups excluding carboxylic acids is 2. The summed E-state index contributed by atoms with van der Waals surface area (Å²) in [7, 11) is 0. The summed E-state index contributed by atoms with van der Waals surface area (Å²) in [6, 6.07) is 10.4. The molecule has 2 aromatic carbocycles. The lowest BCUT2D eigenvalue weighted by Gasteiger charge is -2.26. The van der Waals surface area contributed by atoms with Gasteiger partial charge < -0.3 is 20.5 Å². The fourth-order valence-corrected chi connectivity index (χ4v) is 5.80. The number of carbonyl (C=O) groups is 3. The smallest absolute Gasteiger partial charge is 0.306 e. The number of amides is 2. The Hall–Kier alpha value is -3.35. The molecule has 0 saturated heterocycles. The molecule has 0 atom stereocenters. The number of hydrogen-bond acceptors (Lipinski definition) is 8. The summed E-state index contributed by atoms with van der Waals surface area (Å²) < 4.78 is 7.05. The lowest BCUT2D eigenvalue weighted by molar-refractivity contribution is -0.143. The molecule has 4 rings (SSSR count). The van der Waals surface area contributed by atoms with Crippen LogP contribution in [0.25, 0.3) is 5.69 Å². The largest absolute Gasteiger partial charge is 0.484 e. The predicted molar refractivity (Wildman–Crippen MR) is 165 cm³/mol. The van der Waals surface area contributed by atoms with Crippen molar-refractivity contribution in [3.05, 3.63) is 52.0 Å². The molecular weight excluding hydrogens is 615 g/mol. The van der Waals surface area contributed by atoms with Crippen molar-refractivity contribution in [2.24, 2.45) is 11.8 Å². The van der Waals surface area contributed by atoms with Crippen molar-refractivity contribution in [1.29, 1.82) is 0 Å². The van der Waals surface area contributed by atoms with Crippen LogP contribution in [0.15, 0.2) is 41.6 Å². The summed E-state index contributed by atoms with van der Waals surface area (Å²) in [4.78, 5) is 36.0. The molecule has 0 radical (unpaired) electrons. The molecule has 14 heteroatoms. The lowest BCUT2D eigenvalue weighted by Crippen LogP contribution is -2.35. The van der Waals surface area contributed by atoms with Gasteiger partial charge in [0.2, 0.25) is 11.1 Å². The van der Waals surface area contributed by atoms with Crippen LogP contribution >= 0.6 is 35.0 Å². The van der Waals surface area contributed by atoms with Gasteiger partial charge in [0, 0.05) is 12.6 Å². The fourth-order valence-electron chi connectivity index (χ4n) is 4.64. The van der Waals surface area contributed by atoms with Gasteiger partial charge in [0.25, 0.3) is 5.91 Å². The molecule has 1 aromatic heterocycles. The number of benzene rings is 2. The standard InChI is InChI=1S/C29H34Cl2N6O5S/c1-29(2,3)19-8-11-24(22(31)12-19)37-28(34-35-36-37)43-16-26(39)33-23-10-9-20(13-21(23)30)42-15-25(38)32-14-17-4-6-18(7-5-17)27(40)41/h8-13,17-18H,4-7,14-16H2,1-3H3,(H,32,38)(H,33,39)(H,40,41). The van der Waals surface area contributed by atoms with Crippen molar-refractivity contribution < 1.29 is 24.2 Å². The Balaban J connectivity index is 1.23. The number of aliphatic carboxylic acids is 1. The van der Waals surface area contributed by atoms with Crippen LogP contribution in [0.5, 0.6) is 5.75 Å². The number of anilines is 1. The highest BCUT2D eigenvalue weighted by Gasteiger charge is 2.26. The summed E-state index contributed by atoms with van der Waals surface area (Å²) in [6.07, 6.45) is 2.81. The highest BCUT2D eigenvalue weighted by atomic mass is 35.5. The van der Waals surface area contributed by atoms with Gasteiger partial charge in [-0.1, -0.05) is 61.8 Å². The number of nitrogens with one attached hydrogen (secondary N) is 2. The van der Waals surface area contributed by atoms with E-state index >= 15 is 0 Å². The molecule has 3 N–H and O–H groups in total. The van der Waals surface area contributed by atoms with E-state index in [1.165, 1.54) is 10.7 Å². The minimum atomic E-state index is -0.749. The number of carboxylic acid groups (broad SMARTS) is 1. The summed E-state index contributed by atoms with van der Waals surface area (Å²) in [6.45, 7) is 6.59. The van der Waals surface area contributed by atoms with Crippen molar-refractivity contribution in [3.8, 4) is 11.4 Å². The zero-order valence-corrected chi connectivity index (χ0v) is 26.4. The molecule has 43 heavy (non-hydrogen) atoms. The number of aromatic nitrogens is 4.